The fourth-order valence-electron chi connectivity index (χ4n) is 8.13. The largest absolute Gasteiger partial charge is 0.449 e. The predicted molar refractivity (Wildman–Crippen MR) is 126 cm³/mol. The van der Waals surface area contributed by atoms with Crippen LogP contribution in [0.5, 0.6) is 0 Å². The van der Waals surface area contributed by atoms with E-state index in [1.807, 2.05) is 0 Å². The Kier molecular flexibility index (Phi) is 6.27. The van der Waals surface area contributed by atoms with Crippen LogP contribution in [-0.4, -0.2) is 41.2 Å². The molecule has 4 N–H and O–H groups in total. The smallest absolute Gasteiger partial charge is 0.427 e. The lowest BCUT2D eigenvalue weighted by Gasteiger charge is -2.59. The fraction of sp³-hybridized carbons (Fsp3) is 0.833. The van der Waals surface area contributed by atoms with Gasteiger partial charge in [-0.15, -0.1) is 0 Å². The van der Waals surface area contributed by atoms with Gasteiger partial charge in [-0.05, 0) is 92.9 Å². The Bertz CT molecular complexity index is 914. The summed E-state index contributed by atoms with van der Waals surface area (Å²) in [5.41, 5.74) is 19.5. The number of azide groups is 1. The standard InChI is InChI=1S/C24H38N6O3/c1-5-33-21(32)28-27-14(2)24(29-30-26)20(25)13-19-17-7-6-15-12-16(31)8-10-22(15,3)18(17)9-11-23(19,24)4/h6,16-20,31H,5,7-13,25H2,1-4H3,(H,28,32)/t16-,17?,18?,19?,20+,22-,23-,24+/m0/s1. The predicted octanol–water partition coefficient (Wildman–Crippen LogP) is 4.42. The van der Waals surface area contributed by atoms with Crippen LogP contribution in [-0.2, 0) is 4.74 Å². The molecule has 33 heavy (non-hydrogen) atoms. The van der Waals surface area contributed by atoms with Gasteiger partial charge in [0.2, 0.25) is 0 Å². The Hall–Kier alpha value is -2.09. The molecule has 8 atom stereocenters. The Morgan fingerprint density at radius 1 is 1.36 bits per heavy atom. The minimum absolute atomic E-state index is 0.117. The number of aliphatic hydroxyl groups is 1. The number of hydrogen-bond acceptors (Lipinski definition) is 6. The number of hydrazone groups is 1. The zero-order valence-electron chi connectivity index (χ0n) is 20.3. The molecule has 0 radical (unpaired) electrons. The highest BCUT2D eigenvalue weighted by atomic mass is 16.5. The molecule has 0 aliphatic heterocycles. The molecule has 4 aliphatic carbocycles. The number of hydrogen-bond donors (Lipinski definition) is 3. The molecule has 4 aliphatic rings. The van der Waals surface area contributed by atoms with E-state index in [4.69, 9.17) is 10.5 Å². The molecule has 0 heterocycles. The van der Waals surface area contributed by atoms with Gasteiger partial charge < -0.3 is 15.6 Å². The van der Waals surface area contributed by atoms with E-state index in [0.29, 0.717) is 17.5 Å². The van der Waals surface area contributed by atoms with E-state index in [-0.39, 0.29) is 35.5 Å². The first kappa shape index (κ1) is 24.0. The van der Waals surface area contributed by atoms with Crippen molar-refractivity contribution in [2.45, 2.75) is 90.3 Å². The molecular weight excluding hydrogens is 420 g/mol. The SMILES string of the molecule is CCOC(=O)NN=C(C)[C@@]1(N=[N+]=[N-])[C@H](N)CC2C3CC=C4C[C@@H](O)CC[C@]4(C)C3CC[C@@]21C. The topological polar surface area (TPSA) is 146 Å². The maximum atomic E-state index is 11.8. The normalized spacial score (nSPS) is 44.5. The van der Waals surface area contributed by atoms with Crippen LogP contribution in [0.25, 0.3) is 10.4 Å². The highest BCUT2D eigenvalue weighted by Crippen LogP contribution is 2.67. The molecule has 0 aromatic carbocycles. The van der Waals surface area contributed by atoms with E-state index in [1.54, 1.807) is 13.8 Å². The van der Waals surface area contributed by atoms with Crippen molar-refractivity contribution < 1.29 is 14.6 Å². The first-order chi connectivity index (χ1) is 15.6. The molecule has 0 aromatic rings. The summed E-state index contributed by atoms with van der Waals surface area (Å²) in [6.45, 7) is 8.35. The molecule has 0 saturated heterocycles. The minimum atomic E-state index is -1.01. The average Bonchev–Trinajstić information content (AvgIpc) is 3.00. The van der Waals surface area contributed by atoms with Gasteiger partial charge in [-0.25, -0.2) is 10.2 Å². The number of fused-ring (bicyclic) bond motifs is 5. The molecule has 4 rings (SSSR count). The quantitative estimate of drug-likeness (QED) is 0.143. The molecule has 1 amide bonds. The maximum Gasteiger partial charge on any atom is 0.427 e. The van der Waals surface area contributed by atoms with Crippen molar-refractivity contribution in [1.29, 1.82) is 0 Å². The summed E-state index contributed by atoms with van der Waals surface area (Å²) < 4.78 is 4.93. The van der Waals surface area contributed by atoms with Crippen molar-refractivity contribution in [2.75, 3.05) is 6.61 Å². The van der Waals surface area contributed by atoms with Gasteiger partial charge in [-0.1, -0.05) is 30.6 Å². The summed E-state index contributed by atoms with van der Waals surface area (Å²) in [6, 6.07) is -0.388. The molecule has 9 heteroatoms. The summed E-state index contributed by atoms with van der Waals surface area (Å²) in [4.78, 5) is 15.1. The van der Waals surface area contributed by atoms with E-state index in [2.05, 4.69) is 40.5 Å². The highest BCUT2D eigenvalue weighted by Gasteiger charge is 2.68. The van der Waals surface area contributed by atoms with Crippen LogP contribution in [0.3, 0.4) is 0 Å². The number of carbonyl (C=O) groups is 1. The fourth-order valence-corrected chi connectivity index (χ4v) is 8.13. The third kappa shape index (κ3) is 3.47. The minimum Gasteiger partial charge on any atom is -0.449 e. The number of nitrogens with two attached hydrogens (primary N) is 1. The molecule has 182 valence electrons. The average molecular weight is 459 g/mol. The Morgan fingerprint density at radius 2 is 2.12 bits per heavy atom. The van der Waals surface area contributed by atoms with Crippen LogP contribution in [0, 0.1) is 28.6 Å². The summed E-state index contributed by atoms with van der Waals surface area (Å²) in [5, 5.41) is 18.9. The Labute approximate surface area is 195 Å². The van der Waals surface area contributed by atoms with Crippen LogP contribution in [0.2, 0.25) is 0 Å². The Balaban J connectivity index is 1.70. The van der Waals surface area contributed by atoms with Gasteiger partial charge in [0.25, 0.3) is 0 Å². The van der Waals surface area contributed by atoms with Gasteiger partial charge in [-0.2, -0.15) is 5.10 Å². The van der Waals surface area contributed by atoms with Crippen molar-refractivity contribution in [3.63, 3.8) is 0 Å². The molecule has 0 bridgehead atoms. The van der Waals surface area contributed by atoms with Gasteiger partial charge in [0.15, 0.2) is 0 Å². The van der Waals surface area contributed by atoms with E-state index in [9.17, 15) is 15.4 Å². The first-order valence-corrected chi connectivity index (χ1v) is 12.3. The lowest BCUT2D eigenvalue weighted by molar-refractivity contribution is -0.0464. The van der Waals surface area contributed by atoms with Gasteiger partial charge in [0, 0.05) is 16.7 Å². The lowest BCUT2D eigenvalue weighted by atomic mass is 9.46. The van der Waals surface area contributed by atoms with Gasteiger partial charge in [-0.3, -0.25) is 0 Å². The first-order valence-electron chi connectivity index (χ1n) is 12.3. The summed E-state index contributed by atoms with van der Waals surface area (Å²) in [6.07, 6.45) is 7.80. The second-order valence-corrected chi connectivity index (χ2v) is 10.9. The van der Waals surface area contributed by atoms with E-state index >= 15 is 0 Å². The van der Waals surface area contributed by atoms with Crippen molar-refractivity contribution in [1.82, 2.24) is 5.43 Å². The molecule has 9 nitrogen and oxygen atoms in total. The van der Waals surface area contributed by atoms with Crippen LogP contribution in [0.4, 0.5) is 4.79 Å². The molecule has 0 spiro atoms. The lowest BCUT2D eigenvalue weighted by Crippen LogP contribution is -2.60. The van der Waals surface area contributed by atoms with Crippen molar-refractivity contribution in [3.8, 4) is 0 Å². The third-order valence-corrected chi connectivity index (χ3v) is 9.73. The summed E-state index contributed by atoms with van der Waals surface area (Å²) in [5.74, 6) is 1.26. The van der Waals surface area contributed by atoms with E-state index in [0.717, 1.165) is 44.9 Å². The Morgan fingerprint density at radius 3 is 2.82 bits per heavy atom. The number of amides is 1. The van der Waals surface area contributed by atoms with Crippen molar-refractivity contribution >= 4 is 11.8 Å². The third-order valence-electron chi connectivity index (χ3n) is 9.73. The zero-order chi connectivity index (χ0) is 24.0. The van der Waals surface area contributed by atoms with Gasteiger partial charge in [0.05, 0.1) is 12.7 Å². The number of aliphatic hydroxyl groups excluding tert-OH is 1. The van der Waals surface area contributed by atoms with E-state index in [1.165, 1.54) is 5.57 Å². The second-order valence-electron chi connectivity index (χ2n) is 10.9. The van der Waals surface area contributed by atoms with Crippen LogP contribution in [0.1, 0.15) is 72.6 Å². The number of nitrogens with zero attached hydrogens (tertiary/aromatic N) is 4. The number of rotatable bonds is 4. The van der Waals surface area contributed by atoms with Crippen LogP contribution < -0.4 is 11.2 Å². The summed E-state index contributed by atoms with van der Waals surface area (Å²) >= 11 is 0. The maximum absolute atomic E-state index is 11.8. The van der Waals surface area contributed by atoms with Crippen LogP contribution >= 0.6 is 0 Å². The molecule has 0 aromatic heterocycles. The van der Waals surface area contributed by atoms with Gasteiger partial charge >= 0.3 is 6.09 Å². The van der Waals surface area contributed by atoms with Gasteiger partial charge in [0.1, 0.15) is 5.54 Å². The second kappa shape index (κ2) is 8.60. The zero-order valence-corrected chi connectivity index (χ0v) is 20.3. The number of allylic oxidation sites excluding steroid dienone is 1. The number of carbonyl (C=O) groups excluding carboxylic acids is 1. The molecule has 3 fully saturated rings. The monoisotopic (exact) mass is 458 g/mol. The van der Waals surface area contributed by atoms with E-state index < -0.39 is 11.6 Å². The molecule has 3 saturated carbocycles. The summed E-state index contributed by atoms with van der Waals surface area (Å²) in [7, 11) is 0. The van der Waals surface area contributed by atoms with Crippen molar-refractivity contribution in [2.24, 2.45) is 44.5 Å². The number of nitrogens with one attached hydrogen (secondary N) is 1. The number of ether oxygens (including phenoxy) is 1. The van der Waals surface area contributed by atoms with Crippen LogP contribution in [0.15, 0.2) is 21.9 Å². The van der Waals surface area contributed by atoms with Crippen molar-refractivity contribution in [3.05, 3.63) is 22.1 Å². The molecular formula is C24H38N6O3. The molecule has 3 unspecified atom stereocenters. The highest BCUT2D eigenvalue weighted by molar-refractivity contribution is 5.94.